The fraction of sp³-hybridized carbons (Fsp3) is 0.143. The van der Waals surface area contributed by atoms with Crippen LogP contribution in [-0.4, -0.2) is 19.2 Å². The first-order valence-electron chi connectivity index (χ1n) is 8.53. The average Bonchev–Trinajstić information content (AvgIpc) is 2.73. The molecule has 0 aliphatic carbocycles. The fourth-order valence-electron chi connectivity index (χ4n) is 2.74. The molecule has 3 aromatic rings. The van der Waals surface area contributed by atoms with E-state index in [0.29, 0.717) is 11.3 Å². The Labute approximate surface area is 159 Å². The SMILES string of the molecule is CCS(=O)(=O)N(Cc1cccnc1)c1cccc(-c2ccc(C#N)cc2)c1. The number of rotatable bonds is 6. The van der Waals surface area contributed by atoms with Gasteiger partial charge in [0.25, 0.3) is 0 Å². The molecule has 0 radical (unpaired) electrons. The van der Waals surface area contributed by atoms with Crippen molar-refractivity contribution in [3.8, 4) is 17.2 Å². The summed E-state index contributed by atoms with van der Waals surface area (Å²) in [6, 6.07) is 20.4. The summed E-state index contributed by atoms with van der Waals surface area (Å²) in [5.41, 5.74) is 3.81. The lowest BCUT2D eigenvalue weighted by molar-refractivity contribution is 0.591. The van der Waals surface area contributed by atoms with Gasteiger partial charge in [-0.05, 0) is 53.9 Å². The Kier molecular flexibility index (Phi) is 5.53. The lowest BCUT2D eigenvalue weighted by atomic mass is 10.0. The number of anilines is 1. The van der Waals surface area contributed by atoms with Gasteiger partial charge in [-0.15, -0.1) is 0 Å². The summed E-state index contributed by atoms with van der Waals surface area (Å²) in [5.74, 6) is 0.00829. The summed E-state index contributed by atoms with van der Waals surface area (Å²) < 4.78 is 26.8. The second-order valence-electron chi connectivity index (χ2n) is 6.01. The highest BCUT2D eigenvalue weighted by Crippen LogP contribution is 2.28. The molecule has 0 unspecified atom stereocenters. The van der Waals surface area contributed by atoms with Gasteiger partial charge in [0.05, 0.1) is 29.6 Å². The number of hydrogen-bond donors (Lipinski definition) is 0. The Hall–Kier alpha value is -3.17. The van der Waals surface area contributed by atoms with E-state index in [1.54, 1.807) is 43.6 Å². The molecule has 1 aromatic heterocycles. The summed E-state index contributed by atoms with van der Waals surface area (Å²) in [7, 11) is -3.46. The molecule has 0 spiro atoms. The number of nitriles is 1. The van der Waals surface area contributed by atoms with Crippen molar-refractivity contribution in [3.05, 3.63) is 84.2 Å². The Morgan fingerprint density at radius 3 is 2.44 bits per heavy atom. The van der Waals surface area contributed by atoms with Crippen LogP contribution in [0.15, 0.2) is 73.1 Å². The van der Waals surface area contributed by atoms with E-state index in [4.69, 9.17) is 5.26 Å². The minimum atomic E-state index is -3.46. The Balaban J connectivity index is 2.01. The fourth-order valence-corrected chi connectivity index (χ4v) is 3.83. The van der Waals surface area contributed by atoms with E-state index in [-0.39, 0.29) is 12.3 Å². The topological polar surface area (TPSA) is 74.1 Å². The van der Waals surface area contributed by atoms with E-state index in [0.717, 1.165) is 16.7 Å². The number of nitrogens with zero attached hydrogens (tertiary/aromatic N) is 3. The van der Waals surface area contributed by atoms with Gasteiger partial charge in [-0.1, -0.05) is 30.3 Å². The molecule has 0 saturated heterocycles. The normalized spacial score (nSPS) is 11.0. The van der Waals surface area contributed by atoms with Gasteiger partial charge in [0.2, 0.25) is 10.0 Å². The predicted octanol–water partition coefficient (Wildman–Crippen LogP) is 3.98. The van der Waals surface area contributed by atoms with Crippen LogP contribution in [0.25, 0.3) is 11.1 Å². The summed E-state index contributed by atoms with van der Waals surface area (Å²) in [5, 5.41) is 8.94. The highest BCUT2D eigenvalue weighted by molar-refractivity contribution is 7.92. The molecular formula is C21H19N3O2S. The summed E-state index contributed by atoms with van der Waals surface area (Å²) >= 11 is 0. The van der Waals surface area contributed by atoms with Gasteiger partial charge in [0, 0.05) is 12.4 Å². The van der Waals surface area contributed by atoms with E-state index in [9.17, 15) is 8.42 Å². The third-order valence-corrected chi connectivity index (χ3v) is 5.97. The van der Waals surface area contributed by atoms with E-state index >= 15 is 0 Å². The first-order valence-corrected chi connectivity index (χ1v) is 10.1. The highest BCUT2D eigenvalue weighted by atomic mass is 32.2. The number of sulfonamides is 1. The van der Waals surface area contributed by atoms with Gasteiger partial charge in [-0.3, -0.25) is 9.29 Å². The molecule has 6 heteroatoms. The van der Waals surface area contributed by atoms with Crippen molar-refractivity contribution in [2.75, 3.05) is 10.1 Å². The number of benzene rings is 2. The molecule has 136 valence electrons. The van der Waals surface area contributed by atoms with Crippen molar-refractivity contribution in [2.45, 2.75) is 13.5 Å². The van der Waals surface area contributed by atoms with Gasteiger partial charge in [-0.2, -0.15) is 5.26 Å². The van der Waals surface area contributed by atoms with Crippen molar-refractivity contribution < 1.29 is 8.42 Å². The summed E-state index contributed by atoms with van der Waals surface area (Å²) in [4.78, 5) is 4.07. The van der Waals surface area contributed by atoms with Crippen LogP contribution < -0.4 is 4.31 Å². The van der Waals surface area contributed by atoms with Crippen molar-refractivity contribution in [3.63, 3.8) is 0 Å². The number of pyridine rings is 1. The van der Waals surface area contributed by atoms with Crippen LogP contribution in [0.2, 0.25) is 0 Å². The summed E-state index contributed by atoms with van der Waals surface area (Å²) in [6.45, 7) is 1.86. The van der Waals surface area contributed by atoms with Crippen molar-refractivity contribution >= 4 is 15.7 Å². The van der Waals surface area contributed by atoms with Crippen LogP contribution in [0, 0.1) is 11.3 Å². The van der Waals surface area contributed by atoms with Crippen LogP contribution in [0.3, 0.4) is 0 Å². The molecule has 0 N–H and O–H groups in total. The van der Waals surface area contributed by atoms with Gasteiger partial charge in [-0.25, -0.2) is 8.42 Å². The molecule has 1 heterocycles. The van der Waals surface area contributed by atoms with Crippen LogP contribution in [-0.2, 0) is 16.6 Å². The van der Waals surface area contributed by atoms with Crippen molar-refractivity contribution in [1.29, 1.82) is 5.26 Å². The molecule has 0 aliphatic heterocycles. The van der Waals surface area contributed by atoms with Crippen LogP contribution in [0.1, 0.15) is 18.1 Å². The monoisotopic (exact) mass is 377 g/mol. The number of aromatic nitrogens is 1. The second-order valence-corrected chi connectivity index (χ2v) is 8.19. The van der Waals surface area contributed by atoms with E-state index in [1.807, 2.05) is 36.4 Å². The molecule has 3 rings (SSSR count). The smallest absolute Gasteiger partial charge is 0.235 e. The Bertz CT molecular complexity index is 1060. The molecule has 0 saturated carbocycles. The second kappa shape index (κ2) is 8.02. The molecule has 0 atom stereocenters. The molecule has 5 nitrogen and oxygen atoms in total. The lowest BCUT2D eigenvalue weighted by Gasteiger charge is -2.24. The molecule has 0 fully saturated rings. The quantitative estimate of drug-likeness (QED) is 0.651. The first kappa shape index (κ1) is 18.6. The van der Waals surface area contributed by atoms with Gasteiger partial charge in [0.1, 0.15) is 0 Å². The van der Waals surface area contributed by atoms with Gasteiger partial charge in [0.15, 0.2) is 0 Å². The Morgan fingerprint density at radius 2 is 1.81 bits per heavy atom. The molecule has 0 bridgehead atoms. The third-order valence-electron chi connectivity index (χ3n) is 4.23. The van der Waals surface area contributed by atoms with Gasteiger partial charge >= 0.3 is 0 Å². The maximum absolute atomic E-state index is 12.7. The van der Waals surface area contributed by atoms with E-state index in [2.05, 4.69) is 11.1 Å². The maximum atomic E-state index is 12.7. The maximum Gasteiger partial charge on any atom is 0.235 e. The zero-order valence-electron chi connectivity index (χ0n) is 14.9. The molecule has 0 aliphatic rings. The first-order chi connectivity index (χ1) is 13.0. The molecule has 27 heavy (non-hydrogen) atoms. The average molecular weight is 377 g/mol. The van der Waals surface area contributed by atoms with E-state index in [1.165, 1.54) is 4.31 Å². The van der Waals surface area contributed by atoms with Crippen LogP contribution >= 0.6 is 0 Å². The lowest BCUT2D eigenvalue weighted by Crippen LogP contribution is -2.31. The predicted molar refractivity (Wildman–Crippen MR) is 106 cm³/mol. The van der Waals surface area contributed by atoms with Crippen LogP contribution in [0.5, 0.6) is 0 Å². The standard InChI is InChI=1S/C21H19N3O2S/c1-2-27(25,26)24(16-18-5-4-12-23-15-18)21-7-3-6-20(13-21)19-10-8-17(14-22)9-11-19/h3-13,15H,2,16H2,1H3. The highest BCUT2D eigenvalue weighted by Gasteiger charge is 2.21. The van der Waals surface area contributed by atoms with Crippen molar-refractivity contribution in [2.24, 2.45) is 0 Å². The zero-order valence-corrected chi connectivity index (χ0v) is 15.7. The van der Waals surface area contributed by atoms with Crippen LogP contribution in [0.4, 0.5) is 5.69 Å². The Morgan fingerprint density at radius 1 is 1.04 bits per heavy atom. The third kappa shape index (κ3) is 4.33. The van der Waals surface area contributed by atoms with Crippen molar-refractivity contribution in [1.82, 2.24) is 4.98 Å². The largest absolute Gasteiger partial charge is 0.266 e. The molecular weight excluding hydrogens is 358 g/mol. The van der Waals surface area contributed by atoms with Gasteiger partial charge < -0.3 is 0 Å². The summed E-state index contributed by atoms with van der Waals surface area (Å²) in [6.07, 6.45) is 3.33. The minimum absolute atomic E-state index is 0.00829. The van der Waals surface area contributed by atoms with E-state index < -0.39 is 10.0 Å². The number of hydrogen-bond acceptors (Lipinski definition) is 4. The minimum Gasteiger partial charge on any atom is -0.266 e. The molecule has 2 aromatic carbocycles. The molecule has 0 amide bonds. The zero-order chi connectivity index (χ0) is 19.3.